The van der Waals surface area contributed by atoms with Crippen molar-refractivity contribution in [2.24, 2.45) is 0 Å². The largest absolute Gasteiger partial charge is 0.334 e. The predicted octanol–water partition coefficient (Wildman–Crippen LogP) is 2.83. The highest BCUT2D eigenvalue weighted by Gasteiger charge is 2.14. The molecule has 0 aliphatic heterocycles. The molecule has 0 heterocycles. The third-order valence-corrected chi connectivity index (χ3v) is 3.85. The number of rotatable bonds is 7. The Morgan fingerprint density at radius 1 is 1.00 bits per heavy atom. The standard InChI is InChI=1S/C20H24N4O/c1-23(2)12-13-24(16-19-6-4-3-5-7-19)20(25)22-15-18-10-8-17(14-21)9-11-18/h3-11H,12-13,15-16H2,1-2H3,(H,22,25). The number of benzene rings is 2. The number of hydrogen-bond donors (Lipinski definition) is 1. The molecule has 2 aromatic rings. The van der Waals surface area contributed by atoms with Crippen molar-refractivity contribution < 1.29 is 4.79 Å². The summed E-state index contributed by atoms with van der Waals surface area (Å²) in [6.45, 7) is 2.48. The Balaban J connectivity index is 1.97. The van der Waals surface area contributed by atoms with Crippen LogP contribution in [0.1, 0.15) is 16.7 Å². The lowest BCUT2D eigenvalue weighted by Gasteiger charge is -2.25. The summed E-state index contributed by atoms with van der Waals surface area (Å²) in [5.41, 5.74) is 2.70. The highest BCUT2D eigenvalue weighted by atomic mass is 16.2. The van der Waals surface area contributed by atoms with Crippen LogP contribution in [0.5, 0.6) is 0 Å². The van der Waals surface area contributed by atoms with E-state index in [1.807, 2.05) is 61.5 Å². The van der Waals surface area contributed by atoms with Gasteiger partial charge in [0.15, 0.2) is 0 Å². The van der Waals surface area contributed by atoms with Gasteiger partial charge in [-0.25, -0.2) is 4.79 Å². The number of hydrogen-bond acceptors (Lipinski definition) is 3. The SMILES string of the molecule is CN(C)CCN(Cc1ccccc1)C(=O)NCc1ccc(C#N)cc1. The molecule has 0 spiro atoms. The van der Waals surface area contributed by atoms with Crippen LogP contribution in [-0.4, -0.2) is 43.0 Å². The van der Waals surface area contributed by atoms with Gasteiger partial charge >= 0.3 is 6.03 Å². The molecule has 0 radical (unpaired) electrons. The second-order valence-electron chi connectivity index (χ2n) is 6.18. The van der Waals surface area contributed by atoms with E-state index in [1.54, 1.807) is 12.1 Å². The molecule has 2 amide bonds. The van der Waals surface area contributed by atoms with Crippen LogP contribution in [0.25, 0.3) is 0 Å². The highest BCUT2D eigenvalue weighted by Crippen LogP contribution is 2.06. The fraction of sp³-hybridized carbons (Fsp3) is 0.300. The zero-order valence-corrected chi connectivity index (χ0v) is 14.8. The van der Waals surface area contributed by atoms with Gasteiger partial charge < -0.3 is 15.1 Å². The number of carbonyl (C=O) groups is 1. The van der Waals surface area contributed by atoms with E-state index in [9.17, 15) is 4.79 Å². The fourth-order valence-electron chi connectivity index (χ4n) is 2.36. The second kappa shape index (κ2) is 9.45. The molecule has 25 heavy (non-hydrogen) atoms. The lowest BCUT2D eigenvalue weighted by Crippen LogP contribution is -2.42. The van der Waals surface area contributed by atoms with E-state index in [2.05, 4.69) is 16.3 Å². The van der Waals surface area contributed by atoms with E-state index < -0.39 is 0 Å². The average Bonchev–Trinajstić information content (AvgIpc) is 2.64. The number of likely N-dealkylation sites (N-methyl/N-ethyl adjacent to an activating group) is 1. The Hall–Kier alpha value is -2.84. The maximum absolute atomic E-state index is 12.6. The fourth-order valence-corrected chi connectivity index (χ4v) is 2.36. The van der Waals surface area contributed by atoms with Crippen LogP contribution in [0.3, 0.4) is 0 Å². The van der Waals surface area contributed by atoms with Crippen molar-refractivity contribution in [3.63, 3.8) is 0 Å². The van der Waals surface area contributed by atoms with Crippen molar-refractivity contribution >= 4 is 6.03 Å². The van der Waals surface area contributed by atoms with Crippen LogP contribution in [0.2, 0.25) is 0 Å². The smallest absolute Gasteiger partial charge is 0.318 e. The molecule has 2 rings (SSSR count). The van der Waals surface area contributed by atoms with Crippen LogP contribution in [-0.2, 0) is 13.1 Å². The minimum Gasteiger partial charge on any atom is -0.334 e. The molecule has 0 saturated heterocycles. The lowest BCUT2D eigenvalue weighted by atomic mass is 10.1. The molecule has 0 aliphatic carbocycles. The van der Waals surface area contributed by atoms with Crippen molar-refractivity contribution in [3.05, 3.63) is 71.3 Å². The highest BCUT2D eigenvalue weighted by molar-refractivity contribution is 5.74. The summed E-state index contributed by atoms with van der Waals surface area (Å²) < 4.78 is 0. The number of nitrogens with one attached hydrogen (secondary N) is 1. The molecule has 0 unspecified atom stereocenters. The molecule has 2 aromatic carbocycles. The van der Waals surface area contributed by atoms with E-state index >= 15 is 0 Å². The van der Waals surface area contributed by atoms with E-state index in [-0.39, 0.29) is 6.03 Å². The number of urea groups is 1. The molecular weight excluding hydrogens is 312 g/mol. The van der Waals surface area contributed by atoms with Crippen molar-refractivity contribution in [2.75, 3.05) is 27.2 Å². The molecule has 130 valence electrons. The van der Waals surface area contributed by atoms with E-state index in [0.29, 0.717) is 25.2 Å². The van der Waals surface area contributed by atoms with Crippen molar-refractivity contribution in [1.29, 1.82) is 5.26 Å². The van der Waals surface area contributed by atoms with Crippen molar-refractivity contribution in [2.45, 2.75) is 13.1 Å². The summed E-state index contributed by atoms with van der Waals surface area (Å²) in [5, 5.41) is 11.8. The van der Waals surface area contributed by atoms with Crippen molar-refractivity contribution in [1.82, 2.24) is 15.1 Å². The van der Waals surface area contributed by atoms with Crippen molar-refractivity contribution in [3.8, 4) is 6.07 Å². The Morgan fingerprint density at radius 2 is 1.68 bits per heavy atom. The maximum atomic E-state index is 12.6. The third kappa shape index (κ3) is 6.28. The van der Waals surface area contributed by atoms with E-state index in [0.717, 1.165) is 17.7 Å². The molecule has 0 fully saturated rings. The van der Waals surface area contributed by atoms with Gasteiger partial charge in [0, 0.05) is 26.2 Å². The average molecular weight is 336 g/mol. The molecule has 0 atom stereocenters. The van der Waals surface area contributed by atoms with Gasteiger partial charge in [0.25, 0.3) is 0 Å². The van der Waals surface area contributed by atoms with Gasteiger partial charge in [-0.2, -0.15) is 5.26 Å². The third-order valence-electron chi connectivity index (χ3n) is 3.85. The number of nitriles is 1. The molecule has 1 N–H and O–H groups in total. The Bertz CT molecular complexity index is 705. The lowest BCUT2D eigenvalue weighted by molar-refractivity contribution is 0.188. The first-order valence-corrected chi connectivity index (χ1v) is 8.29. The summed E-state index contributed by atoms with van der Waals surface area (Å²) >= 11 is 0. The zero-order chi connectivity index (χ0) is 18.1. The minimum absolute atomic E-state index is 0.0879. The van der Waals surface area contributed by atoms with Gasteiger partial charge in [-0.3, -0.25) is 0 Å². The van der Waals surface area contributed by atoms with Gasteiger partial charge in [-0.15, -0.1) is 0 Å². The monoisotopic (exact) mass is 336 g/mol. The number of carbonyl (C=O) groups excluding carboxylic acids is 1. The maximum Gasteiger partial charge on any atom is 0.318 e. The van der Waals surface area contributed by atoms with Crippen LogP contribution in [0.15, 0.2) is 54.6 Å². The number of nitrogens with zero attached hydrogens (tertiary/aromatic N) is 3. The Kier molecular flexibility index (Phi) is 7.00. The first-order chi connectivity index (χ1) is 12.1. The summed E-state index contributed by atoms with van der Waals surface area (Å²) in [4.78, 5) is 16.5. The number of amides is 2. The Morgan fingerprint density at radius 3 is 2.28 bits per heavy atom. The first kappa shape index (κ1) is 18.5. The summed E-state index contributed by atoms with van der Waals surface area (Å²) in [6, 6.07) is 19.2. The van der Waals surface area contributed by atoms with Gasteiger partial charge in [0.1, 0.15) is 0 Å². The van der Waals surface area contributed by atoms with Gasteiger partial charge in [0.2, 0.25) is 0 Å². The Labute approximate surface area is 149 Å². The van der Waals surface area contributed by atoms with Crippen LogP contribution in [0, 0.1) is 11.3 Å². The quantitative estimate of drug-likeness (QED) is 0.846. The second-order valence-corrected chi connectivity index (χ2v) is 6.18. The summed E-state index contributed by atoms with van der Waals surface area (Å²) in [7, 11) is 3.99. The van der Waals surface area contributed by atoms with Gasteiger partial charge in [0.05, 0.1) is 11.6 Å². The van der Waals surface area contributed by atoms with Crippen LogP contribution < -0.4 is 5.32 Å². The predicted molar refractivity (Wildman–Crippen MR) is 98.8 cm³/mol. The summed E-state index contributed by atoms with van der Waals surface area (Å²) in [6.07, 6.45) is 0. The molecule has 0 aliphatic rings. The molecule has 0 aromatic heterocycles. The zero-order valence-electron chi connectivity index (χ0n) is 14.8. The first-order valence-electron chi connectivity index (χ1n) is 8.29. The molecule has 0 bridgehead atoms. The van der Waals surface area contributed by atoms with Gasteiger partial charge in [-0.05, 0) is 37.4 Å². The van der Waals surface area contributed by atoms with E-state index in [1.165, 1.54) is 0 Å². The normalized spacial score (nSPS) is 10.3. The van der Waals surface area contributed by atoms with Crippen LogP contribution in [0.4, 0.5) is 4.79 Å². The molecule has 5 heteroatoms. The molecule has 0 saturated carbocycles. The topological polar surface area (TPSA) is 59.4 Å². The van der Waals surface area contributed by atoms with Gasteiger partial charge in [-0.1, -0.05) is 42.5 Å². The molecule has 5 nitrogen and oxygen atoms in total. The minimum atomic E-state index is -0.0879. The molecular formula is C20H24N4O. The van der Waals surface area contributed by atoms with Crippen LogP contribution >= 0.6 is 0 Å². The summed E-state index contributed by atoms with van der Waals surface area (Å²) in [5.74, 6) is 0. The van der Waals surface area contributed by atoms with E-state index in [4.69, 9.17) is 5.26 Å².